The van der Waals surface area contributed by atoms with Gasteiger partial charge in [-0.1, -0.05) is 13.8 Å². The van der Waals surface area contributed by atoms with Crippen molar-refractivity contribution in [2.75, 3.05) is 33.2 Å². The van der Waals surface area contributed by atoms with Crippen LogP contribution in [0, 0.1) is 5.41 Å². The van der Waals surface area contributed by atoms with E-state index in [2.05, 4.69) is 44.5 Å². The first-order valence-electron chi connectivity index (χ1n) is 6.50. The Balaban J connectivity index is 2.81. The highest BCUT2D eigenvalue weighted by atomic mass is 15.3. The van der Waals surface area contributed by atoms with Crippen LogP contribution in [0.2, 0.25) is 0 Å². The van der Waals surface area contributed by atoms with Gasteiger partial charge in [0, 0.05) is 31.7 Å². The van der Waals surface area contributed by atoms with Crippen LogP contribution < -0.4 is 5.73 Å². The van der Waals surface area contributed by atoms with E-state index in [1.807, 2.05) is 0 Å². The SMILES string of the molecule is CC(C)N1CC(C)(C)CN(C)CC1CCN. The quantitative estimate of drug-likeness (QED) is 0.791. The molecule has 0 aromatic rings. The molecule has 0 spiro atoms. The predicted octanol–water partition coefficient (Wildman–Crippen LogP) is 1.39. The number of nitrogens with zero attached hydrogens (tertiary/aromatic N) is 2. The van der Waals surface area contributed by atoms with Crippen molar-refractivity contribution in [2.45, 2.75) is 46.2 Å². The van der Waals surface area contributed by atoms with Gasteiger partial charge >= 0.3 is 0 Å². The summed E-state index contributed by atoms with van der Waals surface area (Å²) in [5.41, 5.74) is 6.12. The molecule has 0 amide bonds. The monoisotopic (exact) mass is 227 g/mol. The average Bonchev–Trinajstić information content (AvgIpc) is 2.22. The van der Waals surface area contributed by atoms with Gasteiger partial charge in [0.15, 0.2) is 0 Å². The molecule has 0 bridgehead atoms. The minimum atomic E-state index is 0.377. The summed E-state index contributed by atoms with van der Waals surface area (Å²) in [6, 6.07) is 1.24. The molecule has 1 aliphatic rings. The van der Waals surface area contributed by atoms with Crippen LogP contribution in [-0.4, -0.2) is 55.1 Å². The summed E-state index contributed by atoms with van der Waals surface area (Å²) in [5, 5.41) is 0. The molecule has 0 radical (unpaired) electrons. The fraction of sp³-hybridized carbons (Fsp3) is 1.00. The highest BCUT2D eigenvalue weighted by Gasteiger charge is 2.33. The first kappa shape index (κ1) is 13.9. The summed E-state index contributed by atoms with van der Waals surface area (Å²) in [6.45, 7) is 13.6. The van der Waals surface area contributed by atoms with Crippen molar-refractivity contribution in [3.8, 4) is 0 Å². The molecule has 3 nitrogen and oxygen atoms in total. The van der Waals surface area contributed by atoms with Crippen molar-refractivity contribution in [3.05, 3.63) is 0 Å². The molecule has 1 unspecified atom stereocenters. The Morgan fingerprint density at radius 3 is 2.44 bits per heavy atom. The first-order chi connectivity index (χ1) is 7.35. The first-order valence-corrected chi connectivity index (χ1v) is 6.50. The van der Waals surface area contributed by atoms with Gasteiger partial charge < -0.3 is 10.6 Å². The van der Waals surface area contributed by atoms with Gasteiger partial charge in [0.1, 0.15) is 0 Å². The Labute approximate surface area is 101 Å². The Bertz CT molecular complexity index is 213. The minimum Gasteiger partial charge on any atom is -0.330 e. The molecule has 1 saturated heterocycles. The van der Waals surface area contributed by atoms with Gasteiger partial charge in [-0.2, -0.15) is 0 Å². The molecule has 0 aliphatic carbocycles. The second-order valence-electron chi connectivity index (χ2n) is 6.36. The van der Waals surface area contributed by atoms with Crippen LogP contribution in [-0.2, 0) is 0 Å². The van der Waals surface area contributed by atoms with E-state index < -0.39 is 0 Å². The van der Waals surface area contributed by atoms with Crippen LogP contribution in [0.15, 0.2) is 0 Å². The van der Waals surface area contributed by atoms with Crippen LogP contribution in [0.1, 0.15) is 34.1 Å². The summed E-state index contributed by atoms with van der Waals surface area (Å²) in [4.78, 5) is 5.10. The van der Waals surface area contributed by atoms with Crippen molar-refractivity contribution in [1.29, 1.82) is 0 Å². The van der Waals surface area contributed by atoms with Gasteiger partial charge in [0.2, 0.25) is 0 Å². The Hall–Kier alpha value is -0.120. The zero-order chi connectivity index (χ0) is 12.3. The predicted molar refractivity (Wildman–Crippen MR) is 70.6 cm³/mol. The number of likely N-dealkylation sites (N-methyl/N-ethyl adjacent to an activating group) is 1. The lowest BCUT2D eigenvalue weighted by Gasteiger charge is -2.36. The van der Waals surface area contributed by atoms with Crippen molar-refractivity contribution < 1.29 is 0 Å². The van der Waals surface area contributed by atoms with E-state index in [1.165, 1.54) is 13.1 Å². The highest BCUT2D eigenvalue weighted by Crippen LogP contribution is 2.26. The molecule has 1 aliphatic heterocycles. The van der Waals surface area contributed by atoms with E-state index in [0.717, 1.165) is 19.5 Å². The standard InChI is InChI=1S/C13H29N3/c1-11(2)16-10-13(3,4)9-15(5)8-12(16)6-7-14/h11-12H,6-10,14H2,1-5H3. The number of hydrogen-bond donors (Lipinski definition) is 1. The molecule has 1 fully saturated rings. The van der Waals surface area contributed by atoms with E-state index in [4.69, 9.17) is 5.73 Å². The van der Waals surface area contributed by atoms with E-state index in [9.17, 15) is 0 Å². The normalized spacial score (nSPS) is 28.3. The molecule has 16 heavy (non-hydrogen) atoms. The minimum absolute atomic E-state index is 0.377. The molecule has 3 heteroatoms. The maximum absolute atomic E-state index is 5.74. The molecule has 96 valence electrons. The maximum Gasteiger partial charge on any atom is 0.0237 e. The Kier molecular flexibility index (Phi) is 4.77. The molecule has 0 saturated carbocycles. The Morgan fingerprint density at radius 1 is 1.31 bits per heavy atom. The fourth-order valence-corrected chi connectivity index (χ4v) is 2.99. The van der Waals surface area contributed by atoms with Gasteiger partial charge in [-0.25, -0.2) is 0 Å². The van der Waals surface area contributed by atoms with Crippen molar-refractivity contribution in [3.63, 3.8) is 0 Å². The highest BCUT2D eigenvalue weighted by molar-refractivity contribution is 4.88. The van der Waals surface area contributed by atoms with Gasteiger partial charge in [-0.05, 0) is 39.3 Å². The third kappa shape index (κ3) is 3.72. The maximum atomic E-state index is 5.74. The number of rotatable bonds is 3. The van der Waals surface area contributed by atoms with Gasteiger partial charge in [-0.15, -0.1) is 0 Å². The molecule has 1 rings (SSSR count). The van der Waals surface area contributed by atoms with Crippen LogP contribution in [0.4, 0.5) is 0 Å². The van der Waals surface area contributed by atoms with Crippen molar-refractivity contribution in [1.82, 2.24) is 9.80 Å². The second kappa shape index (κ2) is 5.48. The lowest BCUT2D eigenvalue weighted by molar-refractivity contribution is 0.116. The van der Waals surface area contributed by atoms with Gasteiger partial charge in [0.05, 0.1) is 0 Å². The Morgan fingerprint density at radius 2 is 1.94 bits per heavy atom. The van der Waals surface area contributed by atoms with E-state index in [0.29, 0.717) is 17.5 Å². The van der Waals surface area contributed by atoms with E-state index in [-0.39, 0.29) is 0 Å². The number of hydrogen-bond acceptors (Lipinski definition) is 3. The lowest BCUT2D eigenvalue weighted by Crippen LogP contribution is -2.46. The van der Waals surface area contributed by atoms with Crippen LogP contribution in [0.5, 0.6) is 0 Å². The molecular formula is C13H29N3. The summed E-state index contributed by atoms with van der Waals surface area (Å²) in [7, 11) is 2.23. The summed E-state index contributed by atoms with van der Waals surface area (Å²) in [6.07, 6.45) is 1.11. The third-order valence-corrected chi connectivity index (χ3v) is 3.46. The zero-order valence-electron chi connectivity index (χ0n) is 11.7. The molecule has 2 N–H and O–H groups in total. The van der Waals surface area contributed by atoms with Crippen LogP contribution in [0.3, 0.4) is 0 Å². The van der Waals surface area contributed by atoms with E-state index in [1.54, 1.807) is 0 Å². The lowest BCUT2D eigenvalue weighted by atomic mass is 9.92. The van der Waals surface area contributed by atoms with Gasteiger partial charge in [-0.3, -0.25) is 4.90 Å². The zero-order valence-corrected chi connectivity index (χ0v) is 11.7. The fourth-order valence-electron chi connectivity index (χ4n) is 2.99. The molecule has 1 heterocycles. The van der Waals surface area contributed by atoms with E-state index >= 15 is 0 Å². The summed E-state index contributed by atoms with van der Waals surface area (Å²) < 4.78 is 0. The van der Waals surface area contributed by atoms with Crippen molar-refractivity contribution in [2.24, 2.45) is 11.1 Å². The molecule has 1 atom stereocenters. The smallest absolute Gasteiger partial charge is 0.0237 e. The summed E-state index contributed by atoms with van der Waals surface area (Å²) in [5.74, 6) is 0. The van der Waals surface area contributed by atoms with Gasteiger partial charge in [0.25, 0.3) is 0 Å². The van der Waals surface area contributed by atoms with Crippen LogP contribution in [0.25, 0.3) is 0 Å². The largest absolute Gasteiger partial charge is 0.330 e. The third-order valence-electron chi connectivity index (χ3n) is 3.46. The van der Waals surface area contributed by atoms with Crippen molar-refractivity contribution >= 4 is 0 Å². The molecule has 0 aromatic heterocycles. The second-order valence-corrected chi connectivity index (χ2v) is 6.36. The van der Waals surface area contributed by atoms with Crippen LogP contribution >= 0.6 is 0 Å². The molecular weight excluding hydrogens is 198 g/mol. The molecule has 0 aromatic carbocycles. The summed E-state index contributed by atoms with van der Waals surface area (Å²) >= 11 is 0. The topological polar surface area (TPSA) is 32.5 Å². The average molecular weight is 227 g/mol. The number of nitrogens with two attached hydrogens (primary N) is 1.